The van der Waals surface area contributed by atoms with Crippen molar-refractivity contribution in [1.29, 1.82) is 5.26 Å². The molecule has 1 fully saturated rings. The van der Waals surface area contributed by atoms with Crippen molar-refractivity contribution in [3.63, 3.8) is 0 Å². The molecule has 0 bridgehead atoms. The van der Waals surface area contributed by atoms with Gasteiger partial charge in [-0.3, -0.25) is 0 Å². The lowest BCUT2D eigenvalue weighted by Crippen LogP contribution is -2.37. The Balaban J connectivity index is 2.23. The first-order valence-electron chi connectivity index (χ1n) is 5.05. The maximum absolute atomic E-state index is 9.63. The Hall–Kier alpha value is -0.590. The molecule has 0 amide bonds. The van der Waals surface area contributed by atoms with Crippen molar-refractivity contribution in [1.82, 2.24) is 5.32 Å². The van der Waals surface area contributed by atoms with Crippen molar-refractivity contribution in [2.24, 2.45) is 5.92 Å². The van der Waals surface area contributed by atoms with Gasteiger partial charge in [-0.05, 0) is 25.7 Å². The van der Waals surface area contributed by atoms with Gasteiger partial charge in [0, 0.05) is 6.54 Å². The average molecular weight is 182 g/mol. The highest BCUT2D eigenvalue weighted by atomic mass is 16.3. The third-order valence-corrected chi connectivity index (χ3v) is 2.75. The minimum atomic E-state index is -0.160. The van der Waals surface area contributed by atoms with Crippen LogP contribution >= 0.6 is 0 Å². The largest absolute Gasteiger partial charge is 0.393 e. The van der Waals surface area contributed by atoms with Crippen LogP contribution in [0, 0.1) is 17.2 Å². The monoisotopic (exact) mass is 182 g/mol. The highest BCUT2D eigenvalue weighted by Crippen LogP contribution is 2.23. The molecule has 2 N–H and O–H groups in total. The molecular formula is C10H18N2O. The molecule has 74 valence electrons. The first-order chi connectivity index (χ1) is 6.24. The standard InChI is InChI=1S/C10H18N2O/c1-8(6-11)12-7-9-4-2-3-5-10(9)13/h8-10,12-13H,2-5,7H2,1H3. The fourth-order valence-corrected chi connectivity index (χ4v) is 1.80. The molecule has 0 aromatic carbocycles. The van der Waals surface area contributed by atoms with Gasteiger partial charge in [0.05, 0.1) is 18.2 Å². The molecule has 3 nitrogen and oxygen atoms in total. The van der Waals surface area contributed by atoms with E-state index in [0.717, 1.165) is 25.8 Å². The number of nitrogens with zero attached hydrogens (tertiary/aromatic N) is 1. The van der Waals surface area contributed by atoms with Crippen molar-refractivity contribution < 1.29 is 5.11 Å². The van der Waals surface area contributed by atoms with Crippen LogP contribution in [0.1, 0.15) is 32.6 Å². The third-order valence-electron chi connectivity index (χ3n) is 2.75. The van der Waals surface area contributed by atoms with Crippen LogP contribution in [0.4, 0.5) is 0 Å². The zero-order valence-electron chi connectivity index (χ0n) is 8.16. The van der Waals surface area contributed by atoms with Crippen molar-refractivity contribution in [3.8, 4) is 6.07 Å². The molecule has 1 rings (SSSR count). The zero-order chi connectivity index (χ0) is 9.68. The lowest BCUT2D eigenvalue weighted by Gasteiger charge is -2.28. The van der Waals surface area contributed by atoms with Gasteiger partial charge in [0.2, 0.25) is 0 Å². The fraction of sp³-hybridized carbons (Fsp3) is 0.900. The number of hydrogen-bond donors (Lipinski definition) is 2. The summed E-state index contributed by atoms with van der Waals surface area (Å²) in [6.07, 6.45) is 4.21. The minimum Gasteiger partial charge on any atom is -0.393 e. The Morgan fingerprint density at radius 1 is 1.54 bits per heavy atom. The van der Waals surface area contributed by atoms with E-state index < -0.39 is 0 Å². The van der Waals surface area contributed by atoms with E-state index in [2.05, 4.69) is 11.4 Å². The molecule has 0 aromatic rings. The number of hydrogen-bond acceptors (Lipinski definition) is 3. The molecule has 0 aliphatic heterocycles. The van der Waals surface area contributed by atoms with E-state index in [4.69, 9.17) is 5.26 Å². The number of nitrogens with one attached hydrogen (secondary N) is 1. The molecule has 0 heterocycles. The molecule has 1 saturated carbocycles. The summed E-state index contributed by atoms with van der Waals surface area (Å²) < 4.78 is 0. The van der Waals surface area contributed by atoms with Crippen LogP contribution in [0.2, 0.25) is 0 Å². The maximum Gasteiger partial charge on any atom is 0.0924 e. The second kappa shape index (κ2) is 5.21. The van der Waals surface area contributed by atoms with E-state index in [1.54, 1.807) is 0 Å². The molecule has 0 aromatic heterocycles. The van der Waals surface area contributed by atoms with E-state index in [9.17, 15) is 5.11 Å². The van der Waals surface area contributed by atoms with Gasteiger partial charge < -0.3 is 10.4 Å². The van der Waals surface area contributed by atoms with Crippen molar-refractivity contribution in [2.75, 3.05) is 6.54 Å². The number of rotatable bonds is 3. The van der Waals surface area contributed by atoms with Gasteiger partial charge in [0.1, 0.15) is 0 Å². The first kappa shape index (κ1) is 10.5. The summed E-state index contributed by atoms with van der Waals surface area (Å²) in [6.45, 7) is 2.62. The Kier molecular flexibility index (Phi) is 4.20. The molecule has 0 saturated heterocycles. The van der Waals surface area contributed by atoms with Crippen LogP contribution in [-0.4, -0.2) is 23.8 Å². The van der Waals surface area contributed by atoms with E-state index >= 15 is 0 Å². The Labute approximate surface area is 79.8 Å². The Morgan fingerprint density at radius 2 is 2.23 bits per heavy atom. The van der Waals surface area contributed by atoms with Crippen molar-refractivity contribution in [3.05, 3.63) is 0 Å². The quantitative estimate of drug-likeness (QED) is 0.685. The third kappa shape index (κ3) is 3.33. The predicted octanol–water partition coefficient (Wildman–Crippen LogP) is 1.04. The highest BCUT2D eigenvalue weighted by molar-refractivity contribution is 4.87. The van der Waals surface area contributed by atoms with E-state index in [1.165, 1.54) is 6.42 Å². The van der Waals surface area contributed by atoms with Gasteiger partial charge >= 0.3 is 0 Å². The molecule has 1 aliphatic rings. The summed E-state index contributed by atoms with van der Waals surface area (Å²) in [4.78, 5) is 0. The summed E-state index contributed by atoms with van der Waals surface area (Å²) in [6, 6.07) is 2.02. The Morgan fingerprint density at radius 3 is 2.85 bits per heavy atom. The summed E-state index contributed by atoms with van der Waals surface area (Å²) in [5, 5.41) is 21.3. The number of aliphatic hydroxyl groups excluding tert-OH is 1. The van der Waals surface area contributed by atoms with E-state index in [1.807, 2.05) is 6.92 Å². The molecule has 0 radical (unpaired) electrons. The molecule has 13 heavy (non-hydrogen) atoms. The fourth-order valence-electron chi connectivity index (χ4n) is 1.80. The molecule has 1 aliphatic carbocycles. The molecule has 3 heteroatoms. The predicted molar refractivity (Wildman–Crippen MR) is 51.0 cm³/mol. The highest BCUT2D eigenvalue weighted by Gasteiger charge is 2.22. The molecule has 0 spiro atoms. The van der Waals surface area contributed by atoms with Gasteiger partial charge in [-0.15, -0.1) is 0 Å². The second-order valence-electron chi connectivity index (χ2n) is 3.87. The van der Waals surface area contributed by atoms with Gasteiger partial charge in [0.15, 0.2) is 0 Å². The normalized spacial score (nSPS) is 30.8. The topological polar surface area (TPSA) is 56.0 Å². The van der Waals surface area contributed by atoms with Crippen LogP contribution in [0.25, 0.3) is 0 Å². The maximum atomic E-state index is 9.63. The van der Waals surface area contributed by atoms with Crippen molar-refractivity contribution >= 4 is 0 Å². The zero-order valence-corrected chi connectivity index (χ0v) is 8.16. The minimum absolute atomic E-state index is 0.103. The summed E-state index contributed by atoms with van der Waals surface area (Å²) >= 11 is 0. The van der Waals surface area contributed by atoms with Gasteiger partial charge in [-0.2, -0.15) is 5.26 Å². The molecule has 3 atom stereocenters. The molecule has 3 unspecified atom stereocenters. The Bertz CT molecular complexity index is 188. The number of nitriles is 1. The van der Waals surface area contributed by atoms with Gasteiger partial charge in [-0.25, -0.2) is 0 Å². The summed E-state index contributed by atoms with van der Waals surface area (Å²) in [5.74, 6) is 0.351. The summed E-state index contributed by atoms with van der Waals surface area (Å²) in [7, 11) is 0. The van der Waals surface area contributed by atoms with Crippen molar-refractivity contribution in [2.45, 2.75) is 44.8 Å². The SMILES string of the molecule is CC(C#N)NCC1CCCCC1O. The van der Waals surface area contributed by atoms with Crippen LogP contribution in [0.15, 0.2) is 0 Å². The van der Waals surface area contributed by atoms with E-state index in [-0.39, 0.29) is 12.1 Å². The second-order valence-corrected chi connectivity index (χ2v) is 3.87. The van der Waals surface area contributed by atoms with Crippen LogP contribution < -0.4 is 5.32 Å². The lowest BCUT2D eigenvalue weighted by atomic mass is 9.86. The van der Waals surface area contributed by atoms with Crippen LogP contribution in [-0.2, 0) is 0 Å². The van der Waals surface area contributed by atoms with E-state index in [0.29, 0.717) is 5.92 Å². The van der Waals surface area contributed by atoms with Crippen LogP contribution in [0.3, 0.4) is 0 Å². The van der Waals surface area contributed by atoms with Gasteiger partial charge in [-0.1, -0.05) is 12.8 Å². The number of aliphatic hydroxyl groups is 1. The molecular weight excluding hydrogens is 164 g/mol. The summed E-state index contributed by atoms with van der Waals surface area (Å²) in [5.41, 5.74) is 0. The first-order valence-corrected chi connectivity index (χ1v) is 5.05. The average Bonchev–Trinajstić information content (AvgIpc) is 2.16. The smallest absolute Gasteiger partial charge is 0.0924 e. The lowest BCUT2D eigenvalue weighted by molar-refractivity contribution is 0.0692. The van der Waals surface area contributed by atoms with Gasteiger partial charge in [0.25, 0.3) is 0 Å². The van der Waals surface area contributed by atoms with Crippen LogP contribution in [0.5, 0.6) is 0 Å².